The summed E-state index contributed by atoms with van der Waals surface area (Å²) in [6.45, 7) is 0.812. The maximum atomic E-state index is 12.6. The standard InChI is InChI=1S/C21H22ClN3O4/c1-28-12-25-18-6-5-16(8-14(18)4-7-19(25)26)24-20(27)15-9-17(22)21(23-10-15)29-11-13-2-3-13/h5-6,8-10,13H,2-4,7,11-12H2,1H3,(H,24,27). The Kier molecular flexibility index (Phi) is 5.69. The number of hydrogen-bond donors (Lipinski definition) is 1. The largest absolute Gasteiger partial charge is 0.476 e. The van der Waals surface area contributed by atoms with Crippen LogP contribution in [0.4, 0.5) is 11.4 Å². The van der Waals surface area contributed by atoms with Crippen LogP contribution in [0.1, 0.15) is 35.2 Å². The van der Waals surface area contributed by atoms with Gasteiger partial charge in [0.05, 0.1) is 12.2 Å². The van der Waals surface area contributed by atoms with Crippen molar-refractivity contribution in [1.29, 1.82) is 0 Å². The van der Waals surface area contributed by atoms with E-state index < -0.39 is 0 Å². The van der Waals surface area contributed by atoms with Crippen molar-refractivity contribution >= 4 is 34.8 Å². The van der Waals surface area contributed by atoms with Crippen molar-refractivity contribution in [1.82, 2.24) is 4.98 Å². The predicted octanol–water partition coefficient (Wildman–Crippen LogP) is 3.66. The molecule has 0 unspecified atom stereocenters. The first-order chi connectivity index (χ1) is 14.0. The van der Waals surface area contributed by atoms with Gasteiger partial charge in [-0.2, -0.15) is 0 Å². The van der Waals surface area contributed by atoms with Crippen LogP contribution in [0, 0.1) is 5.92 Å². The molecule has 0 radical (unpaired) electrons. The number of fused-ring (bicyclic) bond motifs is 1. The lowest BCUT2D eigenvalue weighted by molar-refractivity contribution is -0.119. The number of carbonyl (C=O) groups excluding carboxylic acids is 2. The van der Waals surface area contributed by atoms with Gasteiger partial charge in [-0.25, -0.2) is 4.98 Å². The van der Waals surface area contributed by atoms with Crippen LogP contribution in [0.2, 0.25) is 5.02 Å². The van der Waals surface area contributed by atoms with Gasteiger partial charge in [-0.3, -0.25) is 14.5 Å². The quantitative estimate of drug-likeness (QED) is 0.746. The van der Waals surface area contributed by atoms with E-state index in [1.807, 2.05) is 12.1 Å². The molecular weight excluding hydrogens is 394 g/mol. The highest BCUT2D eigenvalue weighted by Crippen LogP contribution is 2.32. The minimum atomic E-state index is -0.311. The van der Waals surface area contributed by atoms with Gasteiger partial charge in [-0.05, 0) is 55.0 Å². The second-order valence-electron chi connectivity index (χ2n) is 7.30. The van der Waals surface area contributed by atoms with E-state index in [0.29, 0.717) is 47.5 Å². The molecule has 1 aromatic carbocycles. The van der Waals surface area contributed by atoms with Crippen molar-refractivity contribution in [3.05, 3.63) is 46.6 Å². The van der Waals surface area contributed by atoms with Crippen molar-refractivity contribution < 1.29 is 19.1 Å². The zero-order chi connectivity index (χ0) is 20.4. The number of aromatic nitrogens is 1. The fourth-order valence-corrected chi connectivity index (χ4v) is 3.47. The first-order valence-corrected chi connectivity index (χ1v) is 9.95. The molecule has 7 nitrogen and oxygen atoms in total. The van der Waals surface area contributed by atoms with Crippen LogP contribution in [0.15, 0.2) is 30.5 Å². The lowest BCUT2D eigenvalue weighted by Gasteiger charge is -2.29. The molecule has 4 rings (SSSR count). The topological polar surface area (TPSA) is 80.8 Å². The average molecular weight is 416 g/mol. The third-order valence-corrected chi connectivity index (χ3v) is 5.29. The van der Waals surface area contributed by atoms with Crippen LogP contribution in [0.3, 0.4) is 0 Å². The number of amides is 2. The third-order valence-electron chi connectivity index (χ3n) is 5.02. The number of ether oxygens (including phenoxy) is 2. The van der Waals surface area contributed by atoms with Crippen LogP contribution in [0.25, 0.3) is 0 Å². The van der Waals surface area contributed by atoms with E-state index in [1.54, 1.807) is 24.1 Å². The van der Waals surface area contributed by atoms with Crippen LogP contribution < -0.4 is 15.0 Å². The summed E-state index contributed by atoms with van der Waals surface area (Å²) in [6.07, 6.45) is 4.85. The van der Waals surface area contributed by atoms with Gasteiger partial charge in [-0.1, -0.05) is 11.6 Å². The smallest absolute Gasteiger partial charge is 0.257 e. The van der Waals surface area contributed by atoms with Gasteiger partial charge in [0.25, 0.3) is 5.91 Å². The second kappa shape index (κ2) is 8.39. The molecular formula is C21H22ClN3O4. The molecule has 2 aromatic rings. The molecule has 0 atom stereocenters. The minimum absolute atomic E-state index is 0.0286. The maximum Gasteiger partial charge on any atom is 0.257 e. The summed E-state index contributed by atoms with van der Waals surface area (Å²) < 4.78 is 10.7. The van der Waals surface area contributed by atoms with Gasteiger partial charge in [0, 0.05) is 31.1 Å². The molecule has 2 amide bonds. The number of rotatable bonds is 7. The van der Waals surface area contributed by atoms with Gasteiger partial charge < -0.3 is 14.8 Å². The number of nitrogens with one attached hydrogen (secondary N) is 1. The van der Waals surface area contributed by atoms with Gasteiger partial charge >= 0.3 is 0 Å². The highest BCUT2D eigenvalue weighted by molar-refractivity contribution is 6.32. The molecule has 29 heavy (non-hydrogen) atoms. The highest BCUT2D eigenvalue weighted by atomic mass is 35.5. The van der Waals surface area contributed by atoms with Crippen molar-refractivity contribution in [2.45, 2.75) is 25.7 Å². The van der Waals surface area contributed by atoms with Gasteiger partial charge in [0.2, 0.25) is 11.8 Å². The second-order valence-corrected chi connectivity index (χ2v) is 7.71. The van der Waals surface area contributed by atoms with Crippen molar-refractivity contribution in [3.63, 3.8) is 0 Å². The number of carbonyl (C=O) groups is 2. The summed E-state index contributed by atoms with van der Waals surface area (Å²) in [5.74, 6) is 0.663. The molecule has 1 fully saturated rings. The molecule has 2 aliphatic rings. The normalized spacial score (nSPS) is 15.8. The number of benzene rings is 1. The number of pyridine rings is 1. The van der Waals surface area contributed by atoms with E-state index in [-0.39, 0.29) is 18.5 Å². The summed E-state index contributed by atoms with van der Waals surface area (Å²) in [6, 6.07) is 7.02. The zero-order valence-electron chi connectivity index (χ0n) is 16.1. The lowest BCUT2D eigenvalue weighted by atomic mass is 10.0. The van der Waals surface area contributed by atoms with E-state index >= 15 is 0 Å². The Morgan fingerprint density at radius 1 is 1.31 bits per heavy atom. The molecule has 1 aliphatic carbocycles. The Hall–Kier alpha value is -2.64. The molecule has 0 bridgehead atoms. The van der Waals surface area contributed by atoms with Crippen LogP contribution in [0.5, 0.6) is 5.88 Å². The molecule has 152 valence electrons. The molecule has 1 saturated carbocycles. The summed E-state index contributed by atoms with van der Waals surface area (Å²) in [4.78, 5) is 30.5. The van der Waals surface area contributed by atoms with E-state index in [0.717, 1.165) is 11.3 Å². The SMILES string of the molecule is COCN1C(=O)CCc2cc(NC(=O)c3cnc(OCC4CC4)c(Cl)c3)ccc21. The zero-order valence-corrected chi connectivity index (χ0v) is 16.9. The minimum Gasteiger partial charge on any atom is -0.476 e. The maximum absolute atomic E-state index is 12.6. The fourth-order valence-electron chi connectivity index (χ4n) is 3.25. The Morgan fingerprint density at radius 3 is 2.86 bits per heavy atom. The van der Waals surface area contributed by atoms with Crippen molar-refractivity contribution in [3.8, 4) is 5.88 Å². The van der Waals surface area contributed by atoms with E-state index in [1.165, 1.54) is 19.0 Å². The van der Waals surface area contributed by atoms with Crippen LogP contribution >= 0.6 is 11.6 Å². The molecule has 8 heteroatoms. The Labute approximate surface area is 174 Å². The summed E-state index contributed by atoms with van der Waals surface area (Å²) in [5.41, 5.74) is 2.79. The molecule has 1 aromatic heterocycles. The number of anilines is 2. The van der Waals surface area contributed by atoms with Crippen LogP contribution in [-0.4, -0.2) is 37.2 Å². The summed E-state index contributed by atoms with van der Waals surface area (Å²) in [5, 5.41) is 3.18. The molecule has 1 aliphatic heterocycles. The fraction of sp³-hybridized carbons (Fsp3) is 0.381. The first kappa shape index (κ1) is 19.7. The summed E-state index contributed by atoms with van der Waals surface area (Å²) in [7, 11) is 1.55. The predicted molar refractivity (Wildman–Crippen MR) is 110 cm³/mol. The lowest BCUT2D eigenvalue weighted by Crippen LogP contribution is -2.36. The molecule has 0 saturated heterocycles. The Bertz CT molecular complexity index is 946. The number of methoxy groups -OCH3 is 1. The number of hydrogen-bond acceptors (Lipinski definition) is 5. The molecule has 1 N–H and O–H groups in total. The van der Waals surface area contributed by atoms with Gasteiger partial charge in [0.15, 0.2) is 0 Å². The van der Waals surface area contributed by atoms with Gasteiger partial charge in [0.1, 0.15) is 11.8 Å². The Balaban J connectivity index is 1.45. The monoisotopic (exact) mass is 415 g/mol. The first-order valence-electron chi connectivity index (χ1n) is 9.57. The van der Waals surface area contributed by atoms with E-state index in [4.69, 9.17) is 21.1 Å². The Morgan fingerprint density at radius 2 is 2.14 bits per heavy atom. The summed E-state index contributed by atoms with van der Waals surface area (Å²) >= 11 is 6.22. The number of nitrogens with zero attached hydrogens (tertiary/aromatic N) is 2. The van der Waals surface area contributed by atoms with Crippen LogP contribution in [-0.2, 0) is 16.0 Å². The number of halogens is 1. The number of aryl methyl sites for hydroxylation is 1. The average Bonchev–Trinajstić information content (AvgIpc) is 3.54. The third kappa shape index (κ3) is 4.52. The van der Waals surface area contributed by atoms with Crippen molar-refractivity contribution in [2.75, 3.05) is 30.7 Å². The molecule has 2 heterocycles. The molecule has 0 spiro atoms. The van der Waals surface area contributed by atoms with Crippen molar-refractivity contribution in [2.24, 2.45) is 5.92 Å². The highest BCUT2D eigenvalue weighted by Gasteiger charge is 2.25. The van der Waals surface area contributed by atoms with Gasteiger partial charge in [-0.15, -0.1) is 0 Å². The van der Waals surface area contributed by atoms with E-state index in [9.17, 15) is 9.59 Å². The van der Waals surface area contributed by atoms with E-state index in [2.05, 4.69) is 10.3 Å².